The van der Waals surface area contributed by atoms with Crippen molar-refractivity contribution in [2.24, 2.45) is 0 Å². The third-order valence-electron chi connectivity index (χ3n) is 12.6. The monoisotopic (exact) mass is 850 g/mol. The van der Waals surface area contributed by atoms with Crippen LogP contribution in [0, 0.1) is 0 Å². The molecule has 0 saturated carbocycles. The number of hydrogen-bond donors (Lipinski definition) is 0. The fourth-order valence-electron chi connectivity index (χ4n) is 9.65. The van der Waals surface area contributed by atoms with Crippen LogP contribution < -0.4 is 19.6 Å². The Morgan fingerprint density at radius 1 is 0.277 bits per heavy atom. The smallest absolute Gasteiger partial charge is 0.173 e. The molecular weight excluding hydrogens is 813 g/mol. The summed E-state index contributed by atoms with van der Waals surface area (Å²) in [4.78, 5) is 14.7. The maximum absolute atomic E-state index is 5.21. The van der Waals surface area contributed by atoms with E-state index < -0.39 is 0 Å². The van der Waals surface area contributed by atoms with Crippen LogP contribution in [0.2, 0.25) is 0 Å². The molecule has 0 radical (unpaired) electrons. The van der Waals surface area contributed by atoms with Crippen LogP contribution in [0.1, 0.15) is 0 Å². The van der Waals surface area contributed by atoms with Gasteiger partial charge in [-0.2, -0.15) is 4.37 Å². The summed E-state index contributed by atoms with van der Waals surface area (Å²) in [6.07, 6.45) is 0. The summed E-state index contributed by atoms with van der Waals surface area (Å²) in [6.45, 7) is 0. The van der Waals surface area contributed by atoms with Crippen molar-refractivity contribution in [3.8, 4) is 22.0 Å². The van der Waals surface area contributed by atoms with E-state index in [-0.39, 0.29) is 0 Å². The molecule has 0 aliphatic carbocycles. The van der Waals surface area contributed by atoms with E-state index in [4.69, 9.17) is 9.36 Å². The van der Waals surface area contributed by atoms with Crippen molar-refractivity contribution < 1.29 is 0 Å². The number of hydrogen-bond acceptors (Lipinski definition) is 7. The maximum atomic E-state index is 5.21. The molecule has 2 aliphatic heterocycles. The first kappa shape index (κ1) is 37.1. The molecule has 0 bridgehead atoms. The highest BCUT2D eigenvalue weighted by Crippen LogP contribution is 2.56. The van der Waals surface area contributed by atoms with E-state index in [0.29, 0.717) is 5.82 Å². The molecule has 0 fully saturated rings. The molecule has 0 spiro atoms. The van der Waals surface area contributed by atoms with E-state index in [2.05, 4.69) is 250 Å². The minimum atomic E-state index is 0.702. The van der Waals surface area contributed by atoms with Crippen LogP contribution in [0.5, 0.6) is 0 Å². The first-order valence-corrected chi connectivity index (χ1v) is 22.6. The number of aromatic nitrogens is 2. The van der Waals surface area contributed by atoms with Crippen LogP contribution in [0.3, 0.4) is 0 Å². The molecule has 0 saturated heterocycles. The van der Waals surface area contributed by atoms with Crippen LogP contribution in [-0.2, 0) is 0 Å². The molecule has 65 heavy (non-hydrogen) atoms. The van der Waals surface area contributed by atoms with Crippen LogP contribution in [0.25, 0.3) is 43.5 Å². The molecule has 10 aromatic carbocycles. The standard InChI is InChI=1S/C58H38N6S/c1-3-17-41-35-47(33-31-39(41)15-1)63-53-27-9-5-23-49(53)61(50-24-6-10-28-54(50)63)45-21-13-19-43(37-45)57-59-58(65-60-57)44-20-14-22-46(38-44)62-51-25-7-11-29-55(51)64(56-30-12-8-26-52(56)62)48-34-32-40-16-2-4-18-42(40)36-48/h1-38H. The molecular formula is C58H38N6S. The Morgan fingerprint density at radius 3 is 1.03 bits per heavy atom. The van der Waals surface area contributed by atoms with Gasteiger partial charge in [0.1, 0.15) is 5.01 Å². The molecule has 7 heteroatoms. The molecule has 6 nitrogen and oxygen atoms in total. The topological polar surface area (TPSA) is 38.7 Å². The highest BCUT2D eigenvalue weighted by Gasteiger charge is 2.32. The fraction of sp³-hybridized carbons (Fsp3) is 0. The number of benzene rings is 10. The first-order chi connectivity index (χ1) is 32.2. The van der Waals surface area contributed by atoms with E-state index in [1.165, 1.54) is 33.1 Å². The molecule has 13 rings (SSSR count). The average molecular weight is 851 g/mol. The van der Waals surface area contributed by atoms with Crippen LogP contribution in [0.4, 0.5) is 68.2 Å². The van der Waals surface area contributed by atoms with Crippen molar-refractivity contribution in [1.29, 1.82) is 0 Å². The SMILES string of the molecule is c1cc(-c2nsc(-c3cccc(N4c5ccccc5N(c5ccc6ccccc6c5)c5ccccc54)c3)n2)cc(N2c3ccccc3N(c3ccc4ccccc4c3)c3ccccc32)c1. The lowest BCUT2D eigenvalue weighted by Gasteiger charge is -2.40. The van der Waals surface area contributed by atoms with Gasteiger partial charge in [-0.25, -0.2) is 4.98 Å². The lowest BCUT2D eigenvalue weighted by atomic mass is 10.0. The van der Waals surface area contributed by atoms with Crippen molar-refractivity contribution >= 4 is 101 Å². The van der Waals surface area contributed by atoms with Gasteiger partial charge >= 0.3 is 0 Å². The van der Waals surface area contributed by atoms with Gasteiger partial charge in [0.05, 0.1) is 45.5 Å². The van der Waals surface area contributed by atoms with Crippen molar-refractivity contribution in [2.75, 3.05) is 19.6 Å². The van der Waals surface area contributed by atoms with Gasteiger partial charge in [-0.3, -0.25) is 0 Å². The van der Waals surface area contributed by atoms with E-state index >= 15 is 0 Å². The van der Waals surface area contributed by atoms with E-state index in [0.717, 1.165) is 84.4 Å². The zero-order chi connectivity index (χ0) is 42.8. The molecule has 0 N–H and O–H groups in total. The Kier molecular flexibility index (Phi) is 8.60. The van der Waals surface area contributed by atoms with Crippen molar-refractivity contribution in [3.63, 3.8) is 0 Å². The molecule has 0 amide bonds. The van der Waals surface area contributed by atoms with Crippen molar-refractivity contribution in [2.45, 2.75) is 0 Å². The summed E-state index contributed by atoms with van der Waals surface area (Å²) in [5, 5.41) is 5.74. The molecule has 1 aromatic heterocycles. The second-order valence-electron chi connectivity index (χ2n) is 16.4. The van der Waals surface area contributed by atoms with Crippen LogP contribution >= 0.6 is 11.5 Å². The Hall–Kier alpha value is -8.52. The zero-order valence-corrected chi connectivity index (χ0v) is 35.8. The third kappa shape index (κ3) is 6.16. The van der Waals surface area contributed by atoms with Crippen LogP contribution in [-0.4, -0.2) is 9.36 Å². The Balaban J connectivity index is 0.849. The van der Waals surface area contributed by atoms with Crippen molar-refractivity contribution in [1.82, 2.24) is 9.36 Å². The molecule has 2 aliphatic rings. The van der Waals surface area contributed by atoms with E-state index in [1.54, 1.807) is 0 Å². The van der Waals surface area contributed by atoms with Gasteiger partial charge in [0.15, 0.2) is 5.82 Å². The fourth-order valence-corrected chi connectivity index (χ4v) is 10.3. The van der Waals surface area contributed by atoms with Gasteiger partial charge in [-0.15, -0.1) is 0 Å². The predicted octanol–water partition coefficient (Wildman–Crippen LogP) is 16.7. The lowest BCUT2D eigenvalue weighted by Crippen LogP contribution is -2.23. The van der Waals surface area contributed by atoms with Gasteiger partial charge in [0, 0.05) is 33.9 Å². The molecule has 0 atom stereocenters. The Morgan fingerprint density at radius 2 is 0.615 bits per heavy atom. The van der Waals surface area contributed by atoms with Gasteiger partial charge in [-0.1, -0.05) is 133 Å². The average Bonchev–Trinajstić information content (AvgIpc) is 3.88. The quantitative estimate of drug-likeness (QED) is 0.166. The van der Waals surface area contributed by atoms with E-state index in [9.17, 15) is 0 Å². The van der Waals surface area contributed by atoms with Gasteiger partial charge in [-0.05, 0) is 130 Å². The minimum Gasteiger partial charge on any atom is -0.306 e. The maximum Gasteiger partial charge on any atom is 0.173 e. The number of fused-ring (bicyclic) bond motifs is 6. The molecule has 0 unspecified atom stereocenters. The zero-order valence-electron chi connectivity index (χ0n) is 35.0. The van der Waals surface area contributed by atoms with Crippen molar-refractivity contribution in [3.05, 3.63) is 231 Å². The number of para-hydroxylation sites is 8. The minimum absolute atomic E-state index is 0.702. The number of rotatable bonds is 6. The Bertz CT molecular complexity index is 3300. The van der Waals surface area contributed by atoms with Gasteiger partial charge in [0.2, 0.25) is 0 Å². The highest BCUT2D eigenvalue weighted by atomic mass is 32.1. The number of nitrogens with zero attached hydrogens (tertiary/aromatic N) is 6. The molecule has 3 heterocycles. The number of anilines is 12. The second-order valence-corrected chi connectivity index (χ2v) is 17.1. The molecule has 306 valence electrons. The summed E-state index contributed by atoms with van der Waals surface area (Å²) < 4.78 is 4.98. The normalized spacial score (nSPS) is 12.8. The van der Waals surface area contributed by atoms with Gasteiger partial charge < -0.3 is 19.6 Å². The largest absolute Gasteiger partial charge is 0.306 e. The lowest BCUT2D eigenvalue weighted by molar-refractivity contribution is 1.17. The summed E-state index contributed by atoms with van der Waals surface area (Å²) >= 11 is 1.43. The van der Waals surface area contributed by atoms with E-state index in [1.807, 2.05) is 0 Å². The second kappa shape index (κ2) is 15.1. The Labute approximate surface area is 380 Å². The summed E-state index contributed by atoms with van der Waals surface area (Å²) in [7, 11) is 0. The van der Waals surface area contributed by atoms with Crippen LogP contribution in [0.15, 0.2) is 231 Å². The summed E-state index contributed by atoms with van der Waals surface area (Å²) in [6, 6.07) is 82.4. The summed E-state index contributed by atoms with van der Waals surface area (Å²) in [5.74, 6) is 0.702. The highest BCUT2D eigenvalue weighted by molar-refractivity contribution is 7.09. The van der Waals surface area contributed by atoms with Gasteiger partial charge in [0.25, 0.3) is 0 Å². The first-order valence-electron chi connectivity index (χ1n) is 21.8. The molecule has 11 aromatic rings. The third-order valence-corrected chi connectivity index (χ3v) is 13.3. The summed E-state index contributed by atoms with van der Waals surface area (Å²) in [5.41, 5.74) is 15.2. The predicted molar refractivity (Wildman–Crippen MR) is 272 cm³/mol.